The van der Waals surface area contributed by atoms with Crippen molar-refractivity contribution in [2.75, 3.05) is 0 Å². The Morgan fingerprint density at radius 3 is 1.91 bits per heavy atom. The van der Waals surface area contributed by atoms with Crippen LogP contribution in [0, 0.1) is 0 Å². The van der Waals surface area contributed by atoms with Gasteiger partial charge in [-0.1, -0.05) is 0 Å². The van der Waals surface area contributed by atoms with Crippen LogP contribution in [0.1, 0.15) is 0 Å². The lowest BCUT2D eigenvalue weighted by atomic mass is 10.2. The molecule has 1 aliphatic rings. The zero-order valence-corrected chi connectivity index (χ0v) is 5.13. The number of hydrogen-bond acceptors (Lipinski definition) is 6. The highest BCUT2D eigenvalue weighted by Gasteiger charge is 2.48. The molecule has 0 spiro atoms. The van der Waals surface area contributed by atoms with Crippen molar-refractivity contribution in [2.24, 2.45) is 26.4 Å². The van der Waals surface area contributed by atoms with Crippen LogP contribution in [0.5, 0.6) is 0 Å². The van der Waals surface area contributed by atoms with Crippen LogP contribution in [0.4, 0.5) is 0 Å². The van der Waals surface area contributed by atoms with Gasteiger partial charge in [0, 0.05) is 0 Å². The van der Waals surface area contributed by atoms with Gasteiger partial charge in [0.2, 0.25) is 0 Å². The molecule has 0 fully saturated rings. The van der Waals surface area contributed by atoms with Crippen LogP contribution >= 0.6 is 0 Å². The first-order valence-electron chi connectivity index (χ1n) is 2.47. The molecule has 0 saturated carbocycles. The Bertz CT molecular complexity index is 240. The molecule has 1 heterocycles. The van der Waals surface area contributed by atoms with E-state index in [0.29, 0.717) is 0 Å². The second-order valence-corrected chi connectivity index (χ2v) is 1.72. The molecule has 3 N–H and O–H groups in total. The maximum atomic E-state index is 10.5. The molecular weight excluding hydrogens is 154 g/mol. The highest BCUT2D eigenvalue weighted by molar-refractivity contribution is 6.05. The third kappa shape index (κ3) is 0.838. The molecule has 0 aromatic carbocycles. The van der Waals surface area contributed by atoms with E-state index >= 15 is 0 Å². The van der Waals surface area contributed by atoms with Crippen LogP contribution in [-0.4, -0.2) is 22.6 Å². The van der Waals surface area contributed by atoms with Crippen molar-refractivity contribution < 1.29 is 14.7 Å². The predicted octanol–water partition coefficient (Wildman–Crippen LogP) is -0.914. The van der Waals surface area contributed by atoms with Crippen LogP contribution in [0.3, 0.4) is 0 Å². The van der Waals surface area contributed by atoms with Crippen molar-refractivity contribution >= 4 is 11.9 Å². The highest BCUT2D eigenvalue weighted by atomic mass is 16.4. The number of carbonyl (C=O) groups is 2. The van der Waals surface area contributed by atoms with E-state index in [1.807, 2.05) is 0 Å². The lowest BCUT2D eigenvalue weighted by Gasteiger charge is -2.07. The molecular formula is C3H3N5O3. The Balaban J connectivity index is 3.09. The monoisotopic (exact) mass is 157 g/mol. The molecule has 0 atom stereocenters. The van der Waals surface area contributed by atoms with E-state index in [4.69, 9.17) is 10.8 Å². The molecule has 8 heteroatoms. The molecule has 1 amide bonds. The van der Waals surface area contributed by atoms with Crippen LogP contribution in [0.25, 0.3) is 0 Å². The van der Waals surface area contributed by atoms with Crippen LogP contribution in [-0.2, 0) is 9.59 Å². The van der Waals surface area contributed by atoms with Gasteiger partial charge in [0.1, 0.15) is 0 Å². The van der Waals surface area contributed by atoms with E-state index < -0.39 is 17.5 Å². The molecule has 0 aromatic heterocycles. The average Bonchev–Trinajstić information content (AvgIpc) is 2.34. The van der Waals surface area contributed by atoms with E-state index in [2.05, 4.69) is 20.7 Å². The Kier molecular flexibility index (Phi) is 1.37. The van der Waals surface area contributed by atoms with Gasteiger partial charge in [0.25, 0.3) is 5.91 Å². The second-order valence-electron chi connectivity index (χ2n) is 1.72. The third-order valence-electron chi connectivity index (χ3n) is 1.06. The Morgan fingerprint density at radius 2 is 1.73 bits per heavy atom. The van der Waals surface area contributed by atoms with Gasteiger partial charge in [-0.3, -0.25) is 4.79 Å². The lowest BCUT2D eigenvalue weighted by molar-refractivity contribution is -0.147. The van der Waals surface area contributed by atoms with Crippen LogP contribution < -0.4 is 5.73 Å². The van der Waals surface area contributed by atoms with E-state index in [1.165, 1.54) is 0 Å². The Hall–Kier alpha value is -1.86. The standard InChI is InChI=1S/C3H3N5O3/c4-1(9)3(2(10)11)5-7-8-6-3/h(H2,4,9)(H,10,11). The molecule has 1 rings (SSSR count). The summed E-state index contributed by atoms with van der Waals surface area (Å²) in [5, 5.41) is 20.2. The summed E-state index contributed by atoms with van der Waals surface area (Å²) in [5.41, 5.74) is 2.37. The predicted molar refractivity (Wildman–Crippen MR) is 29.3 cm³/mol. The number of nitrogens with zero attached hydrogens (tertiary/aromatic N) is 4. The van der Waals surface area contributed by atoms with E-state index in [-0.39, 0.29) is 0 Å². The van der Waals surface area contributed by atoms with Crippen molar-refractivity contribution in [1.82, 2.24) is 0 Å². The number of carboxylic acid groups (broad SMARTS) is 1. The van der Waals surface area contributed by atoms with Gasteiger partial charge in [-0.25, -0.2) is 4.79 Å². The first-order chi connectivity index (χ1) is 5.09. The number of nitrogens with two attached hydrogens (primary N) is 1. The quantitative estimate of drug-likeness (QED) is 0.502. The summed E-state index contributed by atoms with van der Waals surface area (Å²) in [6.45, 7) is 0. The number of hydrogen-bond donors (Lipinski definition) is 2. The SMILES string of the molecule is NC(=O)C1(C(=O)O)N=NN=N1. The van der Waals surface area contributed by atoms with Gasteiger partial charge >= 0.3 is 11.6 Å². The van der Waals surface area contributed by atoms with Gasteiger partial charge < -0.3 is 10.8 Å². The number of carbonyl (C=O) groups excluding carboxylic acids is 1. The average molecular weight is 157 g/mol. The van der Waals surface area contributed by atoms with Gasteiger partial charge in [-0.05, 0) is 10.4 Å². The summed E-state index contributed by atoms with van der Waals surface area (Å²) in [7, 11) is 0. The molecule has 11 heavy (non-hydrogen) atoms. The van der Waals surface area contributed by atoms with E-state index in [1.54, 1.807) is 0 Å². The number of amides is 1. The summed E-state index contributed by atoms with van der Waals surface area (Å²) >= 11 is 0. The zero-order valence-electron chi connectivity index (χ0n) is 5.13. The minimum absolute atomic E-state index is 1.21. The molecule has 58 valence electrons. The van der Waals surface area contributed by atoms with Crippen LogP contribution in [0.15, 0.2) is 20.7 Å². The fourth-order valence-electron chi connectivity index (χ4n) is 0.479. The maximum absolute atomic E-state index is 10.5. The number of primary amides is 1. The second kappa shape index (κ2) is 2.08. The van der Waals surface area contributed by atoms with Crippen molar-refractivity contribution in [1.29, 1.82) is 0 Å². The van der Waals surface area contributed by atoms with Gasteiger partial charge in [-0.2, -0.15) is 0 Å². The highest BCUT2D eigenvalue weighted by Crippen LogP contribution is 2.19. The summed E-state index contributed by atoms with van der Waals surface area (Å²) in [4.78, 5) is 20.9. The van der Waals surface area contributed by atoms with Gasteiger partial charge in [-0.15, -0.1) is 10.2 Å². The Labute approximate surface area is 59.8 Å². The minimum Gasteiger partial charge on any atom is -0.477 e. The van der Waals surface area contributed by atoms with Crippen molar-refractivity contribution in [3.63, 3.8) is 0 Å². The van der Waals surface area contributed by atoms with E-state index in [0.717, 1.165) is 0 Å². The summed E-state index contributed by atoms with van der Waals surface area (Å²) in [6.07, 6.45) is 0. The van der Waals surface area contributed by atoms with Gasteiger partial charge in [0.15, 0.2) is 0 Å². The topological polar surface area (TPSA) is 130 Å². The normalized spacial score (nSPS) is 18.5. The van der Waals surface area contributed by atoms with E-state index in [9.17, 15) is 9.59 Å². The summed E-state index contributed by atoms with van der Waals surface area (Å²) in [5.74, 6) is -2.80. The lowest BCUT2D eigenvalue weighted by Crippen LogP contribution is -2.46. The third-order valence-corrected chi connectivity index (χ3v) is 1.06. The summed E-state index contributed by atoms with van der Waals surface area (Å²) in [6, 6.07) is 0. The molecule has 0 unspecified atom stereocenters. The first-order valence-corrected chi connectivity index (χ1v) is 2.47. The van der Waals surface area contributed by atoms with Crippen LogP contribution in [0.2, 0.25) is 0 Å². The van der Waals surface area contributed by atoms with Gasteiger partial charge in [0.05, 0.1) is 0 Å². The molecule has 0 saturated heterocycles. The smallest absolute Gasteiger partial charge is 0.368 e. The molecule has 0 aromatic rings. The summed E-state index contributed by atoms with van der Waals surface area (Å²) < 4.78 is 0. The molecule has 1 aliphatic heterocycles. The van der Waals surface area contributed by atoms with Crippen molar-refractivity contribution in [3.8, 4) is 0 Å². The molecule has 0 aliphatic carbocycles. The first kappa shape index (κ1) is 7.25. The van der Waals surface area contributed by atoms with Crippen molar-refractivity contribution in [3.05, 3.63) is 0 Å². The largest absolute Gasteiger partial charge is 0.477 e. The number of aliphatic carboxylic acids is 1. The number of rotatable bonds is 2. The zero-order chi connectivity index (χ0) is 8.48. The fourth-order valence-corrected chi connectivity index (χ4v) is 0.479. The fraction of sp³-hybridized carbons (Fsp3) is 0.333. The minimum atomic E-state index is -2.33. The number of carboxylic acids is 1. The molecule has 0 bridgehead atoms. The molecule has 8 nitrogen and oxygen atoms in total. The van der Waals surface area contributed by atoms with Crippen molar-refractivity contribution in [2.45, 2.75) is 5.66 Å². The Morgan fingerprint density at radius 1 is 1.27 bits per heavy atom. The molecule has 0 radical (unpaired) electrons. The maximum Gasteiger partial charge on any atom is 0.368 e.